The molecule has 0 saturated carbocycles. The Morgan fingerprint density at radius 3 is 2.46 bits per heavy atom. The van der Waals surface area contributed by atoms with Gasteiger partial charge in [-0.2, -0.15) is 0 Å². The Kier molecular flexibility index (Phi) is 12.3. The van der Waals surface area contributed by atoms with Crippen LogP contribution in [-0.4, -0.2) is 66.6 Å². The smallest absolute Gasteiger partial charge is 0.191 e. The highest BCUT2D eigenvalue weighted by atomic mass is 16.5. The first kappa shape index (κ1) is 22.3. The predicted molar refractivity (Wildman–Crippen MR) is 110 cm³/mol. The first-order valence-electron chi connectivity index (χ1n) is 9.52. The molecule has 1 rings (SSSR count). The van der Waals surface area contributed by atoms with E-state index in [1.54, 1.807) is 7.11 Å². The van der Waals surface area contributed by atoms with Gasteiger partial charge in [-0.15, -0.1) is 0 Å². The number of aryl methyl sites for hydroxylation is 1. The quantitative estimate of drug-likeness (QED) is 0.319. The van der Waals surface area contributed by atoms with E-state index in [2.05, 4.69) is 65.8 Å². The van der Waals surface area contributed by atoms with E-state index in [0.717, 1.165) is 51.5 Å². The maximum Gasteiger partial charge on any atom is 0.191 e. The zero-order valence-electron chi connectivity index (χ0n) is 16.9. The molecule has 148 valence electrons. The van der Waals surface area contributed by atoms with Crippen molar-refractivity contribution in [3.63, 3.8) is 0 Å². The zero-order valence-corrected chi connectivity index (χ0v) is 16.9. The van der Waals surface area contributed by atoms with E-state index in [1.807, 2.05) is 0 Å². The number of benzene rings is 1. The average Bonchev–Trinajstić information content (AvgIpc) is 2.64. The minimum Gasteiger partial charge on any atom is -0.382 e. The molecule has 26 heavy (non-hydrogen) atoms. The van der Waals surface area contributed by atoms with Gasteiger partial charge in [-0.05, 0) is 43.9 Å². The van der Waals surface area contributed by atoms with Crippen LogP contribution >= 0.6 is 0 Å². The van der Waals surface area contributed by atoms with E-state index >= 15 is 0 Å². The van der Waals surface area contributed by atoms with Gasteiger partial charge in [0, 0.05) is 53.1 Å². The van der Waals surface area contributed by atoms with Gasteiger partial charge in [0.15, 0.2) is 5.96 Å². The van der Waals surface area contributed by atoms with Gasteiger partial charge in [-0.1, -0.05) is 12.1 Å². The number of aliphatic imine (C=N–C) groups is 1. The number of ether oxygens (including phenoxy) is 2. The van der Waals surface area contributed by atoms with Gasteiger partial charge in [0.2, 0.25) is 0 Å². The molecule has 0 aliphatic rings. The third kappa shape index (κ3) is 10.3. The standard InChI is InChI=1S/C20H36N4O2/c1-5-21-20(23-14-7-15-26-17-16-25-4)22-13-6-8-18-9-11-19(12-10-18)24(2)3/h9-12H,5-8,13-17H2,1-4H3,(H2,21,22,23). The largest absolute Gasteiger partial charge is 0.382 e. The second-order valence-electron chi connectivity index (χ2n) is 6.31. The summed E-state index contributed by atoms with van der Waals surface area (Å²) < 4.78 is 10.4. The van der Waals surface area contributed by atoms with Crippen LogP contribution in [0.5, 0.6) is 0 Å². The lowest BCUT2D eigenvalue weighted by Crippen LogP contribution is -2.38. The molecular formula is C20H36N4O2. The zero-order chi connectivity index (χ0) is 19.0. The van der Waals surface area contributed by atoms with E-state index in [1.165, 1.54) is 11.3 Å². The summed E-state index contributed by atoms with van der Waals surface area (Å²) in [4.78, 5) is 6.76. The highest BCUT2D eigenvalue weighted by molar-refractivity contribution is 5.79. The van der Waals surface area contributed by atoms with Crippen molar-refractivity contribution in [2.24, 2.45) is 4.99 Å². The van der Waals surface area contributed by atoms with Crippen LogP contribution < -0.4 is 15.5 Å². The van der Waals surface area contributed by atoms with Gasteiger partial charge in [0.1, 0.15) is 0 Å². The van der Waals surface area contributed by atoms with E-state index in [4.69, 9.17) is 9.47 Å². The van der Waals surface area contributed by atoms with Crippen molar-refractivity contribution in [3.05, 3.63) is 29.8 Å². The molecule has 0 unspecified atom stereocenters. The van der Waals surface area contributed by atoms with Gasteiger partial charge in [-0.3, -0.25) is 4.99 Å². The Balaban J connectivity index is 2.23. The lowest BCUT2D eigenvalue weighted by molar-refractivity contribution is 0.0698. The van der Waals surface area contributed by atoms with Gasteiger partial charge in [-0.25, -0.2) is 0 Å². The molecule has 0 atom stereocenters. The summed E-state index contributed by atoms with van der Waals surface area (Å²) in [6.45, 7) is 6.65. The molecule has 1 aromatic rings. The summed E-state index contributed by atoms with van der Waals surface area (Å²) >= 11 is 0. The topological polar surface area (TPSA) is 58.1 Å². The highest BCUT2D eigenvalue weighted by Gasteiger charge is 1.99. The third-order valence-corrected chi connectivity index (χ3v) is 3.88. The highest BCUT2D eigenvalue weighted by Crippen LogP contribution is 2.13. The molecule has 0 spiro atoms. The van der Waals surface area contributed by atoms with Crippen LogP contribution in [0.2, 0.25) is 0 Å². The number of nitrogens with one attached hydrogen (secondary N) is 2. The molecule has 0 aliphatic carbocycles. The normalized spacial score (nSPS) is 11.5. The number of hydrogen-bond donors (Lipinski definition) is 2. The van der Waals surface area contributed by atoms with Gasteiger partial charge in [0.05, 0.1) is 13.2 Å². The second kappa shape index (κ2) is 14.4. The number of anilines is 1. The van der Waals surface area contributed by atoms with Crippen LogP contribution in [0.1, 0.15) is 25.3 Å². The molecule has 6 nitrogen and oxygen atoms in total. The van der Waals surface area contributed by atoms with E-state index in [9.17, 15) is 0 Å². The van der Waals surface area contributed by atoms with Crippen LogP contribution in [0.25, 0.3) is 0 Å². The summed E-state index contributed by atoms with van der Waals surface area (Å²) in [7, 11) is 5.80. The molecule has 0 heterocycles. The van der Waals surface area contributed by atoms with Gasteiger partial charge in [0.25, 0.3) is 0 Å². The van der Waals surface area contributed by atoms with Gasteiger partial charge < -0.3 is 25.0 Å². The van der Waals surface area contributed by atoms with Crippen molar-refractivity contribution in [1.29, 1.82) is 0 Å². The molecular weight excluding hydrogens is 328 g/mol. The lowest BCUT2D eigenvalue weighted by Gasteiger charge is -2.13. The molecule has 0 bridgehead atoms. The first-order valence-corrected chi connectivity index (χ1v) is 9.52. The fourth-order valence-corrected chi connectivity index (χ4v) is 2.40. The molecule has 2 N–H and O–H groups in total. The summed E-state index contributed by atoms with van der Waals surface area (Å²) in [6, 6.07) is 8.73. The Hall–Kier alpha value is -1.79. The number of methoxy groups -OCH3 is 1. The number of rotatable bonds is 13. The SMILES string of the molecule is CCNC(=NCCCc1ccc(N(C)C)cc1)NCCCOCCOC. The van der Waals surface area contributed by atoms with Crippen LogP contribution in [0, 0.1) is 0 Å². The van der Waals surface area contributed by atoms with Gasteiger partial charge >= 0.3 is 0 Å². The fraction of sp³-hybridized carbons (Fsp3) is 0.650. The Morgan fingerprint density at radius 1 is 1.04 bits per heavy atom. The summed E-state index contributed by atoms with van der Waals surface area (Å²) in [6.07, 6.45) is 3.04. The summed E-state index contributed by atoms with van der Waals surface area (Å²) in [5, 5.41) is 6.64. The van der Waals surface area contributed by atoms with E-state index in [-0.39, 0.29) is 0 Å². The molecule has 0 amide bonds. The minimum absolute atomic E-state index is 0.648. The van der Waals surface area contributed by atoms with Crippen LogP contribution in [0.3, 0.4) is 0 Å². The van der Waals surface area contributed by atoms with Crippen molar-refractivity contribution in [1.82, 2.24) is 10.6 Å². The minimum atomic E-state index is 0.648. The van der Waals surface area contributed by atoms with Crippen molar-refractivity contribution >= 4 is 11.6 Å². The maximum atomic E-state index is 5.46. The van der Waals surface area contributed by atoms with E-state index < -0.39 is 0 Å². The van der Waals surface area contributed by atoms with Crippen molar-refractivity contribution in [2.75, 3.05) is 65.6 Å². The summed E-state index contributed by atoms with van der Waals surface area (Å²) in [5.74, 6) is 0.882. The Morgan fingerprint density at radius 2 is 1.81 bits per heavy atom. The molecule has 0 aromatic heterocycles. The van der Waals surface area contributed by atoms with Crippen LogP contribution in [0.15, 0.2) is 29.3 Å². The first-order chi connectivity index (χ1) is 12.7. The average molecular weight is 365 g/mol. The fourth-order valence-electron chi connectivity index (χ4n) is 2.40. The lowest BCUT2D eigenvalue weighted by atomic mass is 10.1. The number of guanidine groups is 1. The van der Waals surface area contributed by atoms with E-state index in [0.29, 0.717) is 13.2 Å². The molecule has 0 fully saturated rings. The van der Waals surface area contributed by atoms with Crippen LogP contribution in [-0.2, 0) is 15.9 Å². The molecule has 0 radical (unpaired) electrons. The maximum absolute atomic E-state index is 5.46. The summed E-state index contributed by atoms with van der Waals surface area (Å²) in [5.41, 5.74) is 2.59. The number of nitrogens with zero attached hydrogens (tertiary/aromatic N) is 2. The Bertz CT molecular complexity index is 489. The monoisotopic (exact) mass is 364 g/mol. The molecule has 0 saturated heterocycles. The van der Waals surface area contributed by atoms with Crippen LogP contribution in [0.4, 0.5) is 5.69 Å². The van der Waals surface area contributed by atoms with Crippen molar-refractivity contribution < 1.29 is 9.47 Å². The predicted octanol–water partition coefficient (Wildman–Crippen LogP) is 2.29. The second-order valence-corrected chi connectivity index (χ2v) is 6.31. The third-order valence-electron chi connectivity index (χ3n) is 3.88. The van der Waals surface area contributed by atoms with Crippen molar-refractivity contribution in [2.45, 2.75) is 26.2 Å². The molecule has 6 heteroatoms. The number of hydrogen-bond acceptors (Lipinski definition) is 4. The van der Waals surface area contributed by atoms with Crippen molar-refractivity contribution in [3.8, 4) is 0 Å². The molecule has 1 aromatic carbocycles. The Labute approximate surface area is 159 Å². The molecule has 0 aliphatic heterocycles.